The molecule has 0 aliphatic heterocycles. The van der Waals surface area contributed by atoms with E-state index in [1.54, 1.807) is 34.2 Å². The minimum absolute atomic E-state index is 0.0447. The van der Waals surface area contributed by atoms with Gasteiger partial charge in [0.2, 0.25) is 0 Å². The van der Waals surface area contributed by atoms with Crippen molar-refractivity contribution in [2.45, 2.75) is 6.42 Å². The van der Waals surface area contributed by atoms with Crippen molar-refractivity contribution in [1.82, 2.24) is 14.7 Å². The first-order valence-electron chi connectivity index (χ1n) is 23.5. The summed E-state index contributed by atoms with van der Waals surface area (Å²) < 4.78 is 65.3. The van der Waals surface area contributed by atoms with Crippen LogP contribution in [0.5, 0.6) is 23.0 Å². The van der Waals surface area contributed by atoms with E-state index < -0.39 is 37.5 Å². The van der Waals surface area contributed by atoms with Gasteiger partial charge in [0.25, 0.3) is 0 Å². The third-order valence-electron chi connectivity index (χ3n) is 11.4. The van der Waals surface area contributed by atoms with Crippen LogP contribution in [0.15, 0.2) is 178 Å². The van der Waals surface area contributed by atoms with Crippen molar-refractivity contribution in [3.63, 3.8) is 0 Å². The fourth-order valence-corrected chi connectivity index (χ4v) is 16.1. The third-order valence-corrected chi connectivity index (χ3v) is 24.2. The number of thiol groups is 1. The predicted octanol–water partition coefficient (Wildman–Crippen LogP) is 12.4. The van der Waals surface area contributed by atoms with Crippen LogP contribution in [-0.4, -0.2) is 107 Å². The van der Waals surface area contributed by atoms with E-state index in [1.807, 2.05) is 128 Å². The first-order chi connectivity index (χ1) is 37.2. The molecule has 0 aromatic heterocycles. The van der Waals surface area contributed by atoms with Crippen LogP contribution in [0.2, 0.25) is 0 Å². The fraction of sp³-hybridized carbons (Fsp3) is 0.240. The Bertz CT molecular complexity index is 2910. The monoisotopic (exact) mass is 1200 g/mol. The fourth-order valence-electron chi connectivity index (χ4n) is 7.21. The van der Waals surface area contributed by atoms with Crippen molar-refractivity contribution < 1.29 is 46.1 Å². The van der Waals surface area contributed by atoms with E-state index >= 15 is 0 Å². The maximum atomic E-state index is 13.0. The van der Waals surface area contributed by atoms with E-state index in [0.717, 1.165) is 32.6 Å². The number of hydrogen-bond acceptors (Lipinski definition) is 18. The number of hydrazone groups is 2. The van der Waals surface area contributed by atoms with Crippen LogP contribution in [0, 0.1) is 0 Å². The SMILES string of the molecule is COP(=O)(CN(CCc1ccc(OP(S)N(C)N=Cc2ccc(OCN=P(c3ccccc3)(c3ccccc3)c3ccc(OCN(C)N=Cc4ccc(OPP(P)N=[N+]=[N-])cc4)cc3)cc2)cc1)C[PH](O)(OC)OC)OC. The van der Waals surface area contributed by atoms with Crippen LogP contribution in [-0.2, 0) is 29.1 Å². The first kappa shape index (κ1) is 61.7. The molecule has 4 unspecified atom stereocenters. The summed E-state index contributed by atoms with van der Waals surface area (Å²) in [7, 11) is -0.277. The summed E-state index contributed by atoms with van der Waals surface area (Å²) in [5.41, 5.74) is 11.3. The Labute approximate surface area is 463 Å². The van der Waals surface area contributed by atoms with Gasteiger partial charge in [0.1, 0.15) is 25.7 Å². The Hall–Kier alpha value is -4.51. The zero-order valence-corrected chi connectivity index (χ0v) is 51.0. The quantitative estimate of drug-likeness (QED) is 0.00608. The van der Waals surface area contributed by atoms with Crippen molar-refractivity contribution >= 4 is 95.6 Å². The van der Waals surface area contributed by atoms with Gasteiger partial charge in [-0.2, -0.15) is 5.10 Å². The number of ether oxygens (including phenoxy) is 2. The standard InChI is InChI=1S/C50H64N9O10P7S/c1-57(52-35-42-21-25-46(26-22-42)68-71-72(70)56-55-51)38-67-45-29-31-50(32-30-45)76(48-13-9-7-10-14-48,49-15-11-8-12-16-49)54-37-66-44-23-19-43(20-24-44)36-53-58(2)73(77)69-47-27-17-41(18-28-47)33-34-59(39-74(60,62-3)63-4)40-75(61,64-5)65-6/h7-32,35-36,60,71,74,77H,33-34,37-40,70H2,1-6H3. The molecule has 0 aliphatic rings. The van der Waals surface area contributed by atoms with Gasteiger partial charge in [0.15, 0.2) is 13.5 Å². The topological polar surface area (TPSA) is 207 Å². The summed E-state index contributed by atoms with van der Waals surface area (Å²) in [6.07, 6.45) is 4.05. The molecule has 0 aliphatic carbocycles. The molecule has 0 amide bonds. The molecule has 6 aromatic carbocycles. The molecule has 6 aromatic rings. The molecule has 0 saturated carbocycles. The molecule has 27 heteroatoms. The second-order valence-electron chi connectivity index (χ2n) is 16.5. The average Bonchev–Trinajstić information content (AvgIpc) is 3.48. The number of azide groups is 1. The Morgan fingerprint density at radius 1 is 0.727 bits per heavy atom. The van der Waals surface area contributed by atoms with Gasteiger partial charge in [-0.3, -0.25) is 9.75 Å². The molecule has 0 saturated heterocycles. The molecule has 0 fully saturated rings. The van der Waals surface area contributed by atoms with Crippen molar-refractivity contribution in [1.29, 1.82) is 0 Å². The Kier molecular flexibility index (Phi) is 25.1. The van der Waals surface area contributed by atoms with Crippen LogP contribution < -0.4 is 34.4 Å². The minimum atomic E-state index is -3.52. The van der Waals surface area contributed by atoms with Gasteiger partial charge in [0.05, 0.1) is 26.9 Å². The summed E-state index contributed by atoms with van der Waals surface area (Å²) in [4.78, 5) is 19.0. The summed E-state index contributed by atoms with van der Waals surface area (Å²) >= 11 is 4.71. The summed E-state index contributed by atoms with van der Waals surface area (Å²) in [5, 5.41) is 14.0. The maximum absolute atomic E-state index is 13.0. The average molecular weight is 1200 g/mol. The Balaban J connectivity index is 1.06. The van der Waals surface area contributed by atoms with E-state index in [9.17, 15) is 9.46 Å². The van der Waals surface area contributed by atoms with Gasteiger partial charge >= 0.3 is 179 Å². The van der Waals surface area contributed by atoms with Crippen molar-refractivity contribution in [3.8, 4) is 23.0 Å². The number of benzene rings is 6. The van der Waals surface area contributed by atoms with E-state index in [-0.39, 0.29) is 34.5 Å². The number of hydrogen-bond donors (Lipinski definition) is 2. The second kappa shape index (κ2) is 31.3. The molecule has 4 atom stereocenters. The zero-order valence-electron chi connectivity index (χ0n) is 43.4. The second-order valence-corrected chi connectivity index (χ2v) is 32.9. The van der Waals surface area contributed by atoms with Crippen LogP contribution in [0.4, 0.5) is 0 Å². The molecule has 0 heterocycles. The summed E-state index contributed by atoms with van der Waals surface area (Å²) in [6, 6.07) is 51.5. The molecular weight excluding hydrogens is 1140 g/mol. The van der Waals surface area contributed by atoms with Crippen LogP contribution >= 0.6 is 67.2 Å². The van der Waals surface area contributed by atoms with E-state index in [4.69, 9.17) is 59.1 Å². The number of rotatable bonds is 31. The molecular formula is C50H64N9O10P7S. The summed E-state index contributed by atoms with van der Waals surface area (Å²) in [6.45, 7) is 0.744. The molecule has 1 N–H and O–H groups in total. The van der Waals surface area contributed by atoms with E-state index in [0.29, 0.717) is 36.0 Å². The van der Waals surface area contributed by atoms with Crippen molar-refractivity contribution in [3.05, 3.63) is 185 Å². The molecule has 0 bridgehead atoms. The first-order valence-corrected chi connectivity index (χ1v) is 36.0. The van der Waals surface area contributed by atoms with Gasteiger partial charge in [-0.05, 0) is 89.5 Å². The molecule has 6 rings (SSSR count). The molecule has 410 valence electrons. The van der Waals surface area contributed by atoms with Crippen molar-refractivity contribution in [2.75, 3.05) is 75.1 Å². The van der Waals surface area contributed by atoms with Gasteiger partial charge in [-0.1, -0.05) is 74.5 Å². The van der Waals surface area contributed by atoms with Crippen LogP contribution in [0.1, 0.15) is 16.7 Å². The van der Waals surface area contributed by atoms with E-state index in [1.165, 1.54) is 28.4 Å². The molecule has 0 spiro atoms. The van der Waals surface area contributed by atoms with Gasteiger partial charge in [-0.25, -0.2) is 0 Å². The van der Waals surface area contributed by atoms with Gasteiger partial charge < -0.3 is 14.0 Å². The molecule has 77 heavy (non-hydrogen) atoms. The Morgan fingerprint density at radius 2 is 1.25 bits per heavy atom. The van der Waals surface area contributed by atoms with Crippen molar-refractivity contribution in [2.24, 2.45) is 19.8 Å². The normalized spacial score (nSPS) is 13.1. The number of nitrogens with zero attached hydrogens (tertiary/aromatic N) is 9. The third kappa shape index (κ3) is 19.1. The van der Waals surface area contributed by atoms with E-state index in [2.05, 4.69) is 65.3 Å². The van der Waals surface area contributed by atoms with Gasteiger partial charge in [-0.15, -0.1) is 0 Å². The molecule has 0 radical (unpaired) electrons. The van der Waals surface area contributed by atoms with Crippen LogP contribution in [0.3, 0.4) is 0 Å². The molecule has 19 nitrogen and oxygen atoms in total. The van der Waals surface area contributed by atoms with Gasteiger partial charge in [0, 0.05) is 27.9 Å². The van der Waals surface area contributed by atoms with Crippen LogP contribution in [0.25, 0.3) is 10.4 Å². The Morgan fingerprint density at radius 3 is 1.81 bits per heavy atom. The zero-order chi connectivity index (χ0) is 55.1. The summed E-state index contributed by atoms with van der Waals surface area (Å²) in [5.74, 6) is 2.65. The predicted molar refractivity (Wildman–Crippen MR) is 326 cm³/mol.